The second kappa shape index (κ2) is 4.69. The summed E-state index contributed by atoms with van der Waals surface area (Å²) in [6.07, 6.45) is 1.37. The van der Waals surface area contributed by atoms with Crippen molar-refractivity contribution in [2.24, 2.45) is 0 Å². The number of oxazole rings is 1. The van der Waals surface area contributed by atoms with Gasteiger partial charge in [0.2, 0.25) is 10.0 Å². The Bertz CT molecular complexity index is 649. The van der Waals surface area contributed by atoms with Crippen molar-refractivity contribution in [1.29, 1.82) is 0 Å². The summed E-state index contributed by atoms with van der Waals surface area (Å²) in [7, 11) is -3.58. The predicted molar refractivity (Wildman–Crippen MR) is 68.3 cm³/mol. The van der Waals surface area contributed by atoms with Crippen LogP contribution in [0, 0.1) is 6.92 Å². The number of aromatic nitrogens is 1. The molecule has 1 heterocycles. The van der Waals surface area contributed by atoms with Gasteiger partial charge in [-0.15, -0.1) is 0 Å². The molecule has 2 rings (SSSR count). The van der Waals surface area contributed by atoms with E-state index in [0.29, 0.717) is 16.9 Å². The number of hydrogen-bond acceptors (Lipinski definition) is 5. The van der Waals surface area contributed by atoms with Crippen molar-refractivity contribution in [3.63, 3.8) is 0 Å². The molecule has 18 heavy (non-hydrogen) atoms. The molecule has 0 spiro atoms. The first-order chi connectivity index (χ1) is 8.46. The lowest BCUT2D eigenvalue weighted by atomic mass is 10.2. The van der Waals surface area contributed by atoms with Gasteiger partial charge in [0, 0.05) is 5.69 Å². The molecule has 1 aromatic heterocycles. The van der Waals surface area contributed by atoms with Crippen LogP contribution in [0.25, 0.3) is 0 Å². The third kappa shape index (κ3) is 3.01. The number of sulfonamides is 1. The van der Waals surface area contributed by atoms with Crippen LogP contribution < -0.4 is 10.5 Å². The van der Waals surface area contributed by atoms with E-state index in [0.717, 1.165) is 0 Å². The van der Waals surface area contributed by atoms with Crippen molar-refractivity contribution in [2.75, 3.05) is 10.5 Å². The van der Waals surface area contributed by atoms with Crippen LogP contribution in [0.3, 0.4) is 0 Å². The molecular formula is C11H13N3O3S. The Morgan fingerprint density at radius 3 is 2.72 bits per heavy atom. The van der Waals surface area contributed by atoms with Gasteiger partial charge in [-0.1, -0.05) is 18.2 Å². The summed E-state index contributed by atoms with van der Waals surface area (Å²) in [5, 5.41) is 0. The number of nitrogen functional groups attached to an aromatic ring is 1. The Labute approximate surface area is 105 Å². The normalized spacial score (nSPS) is 11.4. The Morgan fingerprint density at radius 1 is 1.39 bits per heavy atom. The molecule has 7 heteroatoms. The van der Waals surface area contributed by atoms with E-state index in [1.54, 1.807) is 31.2 Å². The molecule has 0 saturated carbocycles. The number of hydrogen-bond donors (Lipinski definition) is 2. The lowest BCUT2D eigenvalue weighted by Gasteiger charge is -2.06. The maximum Gasteiger partial charge on any atom is 0.308 e. The van der Waals surface area contributed by atoms with Gasteiger partial charge in [0.25, 0.3) is 0 Å². The van der Waals surface area contributed by atoms with Gasteiger partial charge in [0.15, 0.2) is 0 Å². The van der Waals surface area contributed by atoms with E-state index in [1.165, 1.54) is 6.26 Å². The highest BCUT2D eigenvalue weighted by atomic mass is 32.2. The fourth-order valence-corrected chi connectivity index (χ4v) is 2.54. The first kappa shape index (κ1) is 12.4. The number of anilines is 2. The van der Waals surface area contributed by atoms with E-state index < -0.39 is 10.0 Å². The monoisotopic (exact) mass is 267 g/mol. The molecule has 0 aliphatic carbocycles. The van der Waals surface area contributed by atoms with Gasteiger partial charge in [-0.25, -0.2) is 13.1 Å². The molecule has 96 valence electrons. The summed E-state index contributed by atoms with van der Waals surface area (Å²) in [5.41, 5.74) is 7.27. The largest absolute Gasteiger partial charge is 0.431 e. The lowest BCUT2D eigenvalue weighted by Crippen LogP contribution is -2.16. The highest BCUT2D eigenvalue weighted by Crippen LogP contribution is 2.16. The third-order valence-electron chi connectivity index (χ3n) is 2.26. The van der Waals surface area contributed by atoms with E-state index in [-0.39, 0.29) is 11.8 Å². The number of nitrogens with two attached hydrogens (primary N) is 1. The molecule has 0 aliphatic heterocycles. The van der Waals surface area contributed by atoms with Crippen LogP contribution in [0.4, 0.5) is 11.7 Å². The van der Waals surface area contributed by atoms with Crippen LogP contribution in [-0.2, 0) is 15.8 Å². The minimum Gasteiger partial charge on any atom is -0.431 e. The molecule has 0 unspecified atom stereocenters. The molecule has 0 aliphatic rings. The molecule has 2 aromatic rings. The number of para-hydroxylation sites is 1. The smallest absolute Gasteiger partial charge is 0.308 e. The highest BCUT2D eigenvalue weighted by molar-refractivity contribution is 7.91. The zero-order valence-corrected chi connectivity index (χ0v) is 10.6. The quantitative estimate of drug-likeness (QED) is 0.818. The van der Waals surface area contributed by atoms with E-state index in [2.05, 4.69) is 9.71 Å². The number of rotatable bonds is 4. The molecule has 0 atom stereocenters. The maximum atomic E-state index is 11.9. The van der Waals surface area contributed by atoms with Crippen LogP contribution in [0.2, 0.25) is 0 Å². The summed E-state index contributed by atoms with van der Waals surface area (Å²) in [5.74, 6) is -0.221. The van der Waals surface area contributed by atoms with Crippen molar-refractivity contribution in [3.8, 4) is 0 Å². The standard InChI is InChI=1S/C11H13N3O3S/c1-8-6-17-11(13-8)14-18(15,16)7-9-4-2-3-5-10(9)12/h2-6H,7,12H2,1H3,(H,13,14). The van der Waals surface area contributed by atoms with Crippen LogP contribution in [0.15, 0.2) is 34.9 Å². The summed E-state index contributed by atoms with van der Waals surface area (Å²) < 4.78 is 30.9. The van der Waals surface area contributed by atoms with Crippen LogP contribution >= 0.6 is 0 Å². The topological polar surface area (TPSA) is 98.2 Å². The van der Waals surface area contributed by atoms with Gasteiger partial charge in [0.1, 0.15) is 6.26 Å². The van der Waals surface area contributed by atoms with Crippen LogP contribution in [0.5, 0.6) is 0 Å². The van der Waals surface area contributed by atoms with Crippen molar-refractivity contribution in [3.05, 3.63) is 41.8 Å². The van der Waals surface area contributed by atoms with Crippen LogP contribution in [-0.4, -0.2) is 13.4 Å². The zero-order valence-electron chi connectivity index (χ0n) is 9.75. The van der Waals surface area contributed by atoms with E-state index >= 15 is 0 Å². The van der Waals surface area contributed by atoms with Gasteiger partial charge in [-0.3, -0.25) is 0 Å². The summed E-state index contributed by atoms with van der Waals surface area (Å²) >= 11 is 0. The van der Waals surface area contributed by atoms with Crippen LogP contribution in [0.1, 0.15) is 11.3 Å². The second-order valence-electron chi connectivity index (χ2n) is 3.85. The molecule has 0 amide bonds. The SMILES string of the molecule is Cc1coc(NS(=O)(=O)Cc2ccccc2N)n1. The highest BCUT2D eigenvalue weighted by Gasteiger charge is 2.15. The third-order valence-corrected chi connectivity index (χ3v) is 3.44. The Balaban J connectivity index is 2.15. The van der Waals surface area contributed by atoms with E-state index in [4.69, 9.17) is 10.2 Å². The maximum absolute atomic E-state index is 11.9. The van der Waals surface area contributed by atoms with Gasteiger partial charge >= 0.3 is 6.01 Å². The summed E-state index contributed by atoms with van der Waals surface area (Å²) in [6, 6.07) is 6.75. The van der Waals surface area contributed by atoms with Crippen molar-refractivity contribution in [2.45, 2.75) is 12.7 Å². The van der Waals surface area contributed by atoms with Crippen molar-refractivity contribution in [1.82, 2.24) is 4.98 Å². The number of benzene rings is 1. The fourth-order valence-electron chi connectivity index (χ4n) is 1.44. The first-order valence-electron chi connectivity index (χ1n) is 5.22. The lowest BCUT2D eigenvalue weighted by molar-refractivity contribution is 0.569. The average molecular weight is 267 g/mol. The summed E-state index contributed by atoms with van der Waals surface area (Å²) in [6.45, 7) is 1.70. The number of nitrogens with zero attached hydrogens (tertiary/aromatic N) is 1. The fraction of sp³-hybridized carbons (Fsp3) is 0.182. The molecule has 0 fully saturated rings. The zero-order chi connectivity index (χ0) is 13.2. The van der Waals surface area contributed by atoms with Gasteiger partial charge in [0.05, 0.1) is 11.4 Å². The Morgan fingerprint density at radius 2 is 2.11 bits per heavy atom. The van der Waals surface area contributed by atoms with E-state index in [1.807, 2.05) is 0 Å². The molecule has 1 aromatic carbocycles. The molecule has 6 nitrogen and oxygen atoms in total. The molecule has 0 radical (unpaired) electrons. The molecule has 3 N–H and O–H groups in total. The Kier molecular flexibility index (Phi) is 3.24. The van der Waals surface area contributed by atoms with Crippen molar-refractivity contribution >= 4 is 21.7 Å². The van der Waals surface area contributed by atoms with E-state index in [9.17, 15) is 8.42 Å². The van der Waals surface area contributed by atoms with Gasteiger partial charge < -0.3 is 10.2 Å². The number of nitrogens with one attached hydrogen (secondary N) is 1. The molecular weight excluding hydrogens is 254 g/mol. The van der Waals surface area contributed by atoms with Gasteiger partial charge in [-0.05, 0) is 18.6 Å². The first-order valence-corrected chi connectivity index (χ1v) is 6.87. The minimum absolute atomic E-state index is 0.0398. The predicted octanol–water partition coefficient (Wildman–Crippen LogP) is 1.51. The molecule has 0 saturated heterocycles. The molecule has 0 bridgehead atoms. The minimum atomic E-state index is -3.58. The van der Waals surface area contributed by atoms with Crippen molar-refractivity contribution < 1.29 is 12.8 Å². The second-order valence-corrected chi connectivity index (χ2v) is 5.58. The average Bonchev–Trinajstić information content (AvgIpc) is 2.66. The Hall–Kier alpha value is -2.02. The van der Waals surface area contributed by atoms with Gasteiger partial charge in [-0.2, -0.15) is 4.98 Å². The summed E-state index contributed by atoms with van der Waals surface area (Å²) in [4.78, 5) is 3.87. The number of aryl methyl sites for hydroxylation is 1.